The van der Waals surface area contributed by atoms with Crippen molar-refractivity contribution in [2.75, 3.05) is 7.11 Å². The predicted molar refractivity (Wildman–Crippen MR) is 75.1 cm³/mol. The molecule has 0 saturated heterocycles. The smallest absolute Gasteiger partial charge is 0.303 e. The summed E-state index contributed by atoms with van der Waals surface area (Å²) < 4.78 is 18.8. The van der Waals surface area contributed by atoms with Gasteiger partial charge in [0.2, 0.25) is 0 Å². The van der Waals surface area contributed by atoms with E-state index in [4.69, 9.17) is 9.84 Å². The second-order valence-corrected chi connectivity index (χ2v) is 5.72. The molecule has 114 valence electrons. The maximum atomic E-state index is 13.9. The van der Waals surface area contributed by atoms with Crippen molar-refractivity contribution >= 4 is 11.8 Å². The number of aliphatic carboxylic acids is 1. The number of methoxy groups -OCH3 is 1. The molecule has 21 heavy (non-hydrogen) atoms. The summed E-state index contributed by atoms with van der Waals surface area (Å²) in [6, 6.07) is 4.11. The van der Waals surface area contributed by atoms with Gasteiger partial charge in [-0.3, -0.25) is 9.59 Å². The Bertz CT molecular complexity index is 547. The van der Waals surface area contributed by atoms with Crippen LogP contribution in [0.5, 0.6) is 5.75 Å². The number of benzene rings is 1. The third kappa shape index (κ3) is 3.60. The van der Waals surface area contributed by atoms with Crippen LogP contribution < -0.4 is 4.74 Å². The van der Waals surface area contributed by atoms with E-state index in [2.05, 4.69) is 0 Å². The maximum absolute atomic E-state index is 13.9. The lowest BCUT2D eigenvalue weighted by Crippen LogP contribution is -2.25. The van der Waals surface area contributed by atoms with E-state index in [1.54, 1.807) is 0 Å². The molecular weight excluding hydrogens is 275 g/mol. The van der Waals surface area contributed by atoms with Crippen molar-refractivity contribution in [2.45, 2.75) is 38.5 Å². The second kappa shape index (κ2) is 6.24. The average Bonchev–Trinajstić information content (AvgIpc) is 2.85. The quantitative estimate of drug-likeness (QED) is 0.816. The number of carboxylic acids is 1. The minimum atomic E-state index is -0.903. The van der Waals surface area contributed by atoms with Gasteiger partial charge in [-0.25, -0.2) is 4.39 Å². The number of Topliss-reactive ketones (excluding diaryl/α,β-unsaturated/α-hetero) is 1. The number of rotatable bonds is 6. The van der Waals surface area contributed by atoms with Crippen LogP contribution in [0.1, 0.15) is 48.9 Å². The van der Waals surface area contributed by atoms with Crippen molar-refractivity contribution in [3.63, 3.8) is 0 Å². The lowest BCUT2D eigenvalue weighted by atomic mass is 9.77. The molecule has 1 N–H and O–H groups in total. The predicted octanol–water partition coefficient (Wildman–Crippen LogP) is 3.44. The molecule has 4 nitrogen and oxygen atoms in total. The van der Waals surface area contributed by atoms with Gasteiger partial charge in [-0.05, 0) is 30.4 Å². The van der Waals surface area contributed by atoms with E-state index >= 15 is 0 Å². The standard InChI is InChI=1S/C16H19FO4/c1-21-11-4-5-12(13(17)8-11)14(18)9-16(10-15(19)20)6-2-3-7-16/h4-5,8H,2-3,6-7,9-10H2,1H3,(H,19,20). The second-order valence-electron chi connectivity index (χ2n) is 5.72. The summed E-state index contributed by atoms with van der Waals surface area (Å²) in [4.78, 5) is 23.4. The first kappa shape index (κ1) is 15.5. The summed E-state index contributed by atoms with van der Waals surface area (Å²) in [6.07, 6.45) is 3.32. The van der Waals surface area contributed by atoms with Crippen LogP contribution in [-0.4, -0.2) is 24.0 Å². The van der Waals surface area contributed by atoms with E-state index < -0.39 is 17.2 Å². The number of ketones is 1. The van der Waals surface area contributed by atoms with Crippen LogP contribution in [0.2, 0.25) is 0 Å². The number of hydrogen-bond acceptors (Lipinski definition) is 3. The van der Waals surface area contributed by atoms with E-state index in [0.29, 0.717) is 18.6 Å². The Morgan fingerprint density at radius 1 is 1.29 bits per heavy atom. The van der Waals surface area contributed by atoms with Crippen LogP contribution in [0.15, 0.2) is 18.2 Å². The third-order valence-corrected chi connectivity index (χ3v) is 4.20. The van der Waals surface area contributed by atoms with Crippen LogP contribution in [0.3, 0.4) is 0 Å². The van der Waals surface area contributed by atoms with Crippen LogP contribution in [0.25, 0.3) is 0 Å². The molecule has 1 aliphatic carbocycles. The van der Waals surface area contributed by atoms with Crippen LogP contribution in [0.4, 0.5) is 4.39 Å². The normalized spacial score (nSPS) is 16.7. The summed E-state index contributed by atoms with van der Waals surface area (Å²) in [5.41, 5.74) is -0.512. The molecule has 0 heterocycles. The van der Waals surface area contributed by atoms with Gasteiger partial charge in [0, 0.05) is 12.5 Å². The van der Waals surface area contributed by atoms with Gasteiger partial charge in [0.05, 0.1) is 19.1 Å². The molecule has 0 aliphatic heterocycles. The van der Waals surface area contributed by atoms with Gasteiger partial charge in [-0.2, -0.15) is 0 Å². The van der Waals surface area contributed by atoms with E-state index in [-0.39, 0.29) is 24.2 Å². The molecule has 1 aromatic carbocycles. The highest BCUT2D eigenvalue weighted by atomic mass is 19.1. The molecular formula is C16H19FO4. The number of ether oxygens (including phenoxy) is 1. The summed E-state index contributed by atoms with van der Waals surface area (Å²) in [5, 5.41) is 9.04. The minimum absolute atomic E-state index is 0.00691. The SMILES string of the molecule is COc1ccc(C(=O)CC2(CC(=O)O)CCCC2)c(F)c1. The zero-order valence-corrected chi connectivity index (χ0v) is 12.0. The number of carbonyl (C=O) groups excluding carboxylic acids is 1. The highest BCUT2D eigenvalue weighted by molar-refractivity contribution is 5.97. The fraction of sp³-hybridized carbons (Fsp3) is 0.500. The Hall–Kier alpha value is -1.91. The number of carbonyl (C=O) groups is 2. The van der Waals surface area contributed by atoms with Crippen molar-refractivity contribution in [2.24, 2.45) is 5.41 Å². The first-order valence-corrected chi connectivity index (χ1v) is 7.04. The van der Waals surface area contributed by atoms with Crippen molar-refractivity contribution in [1.82, 2.24) is 0 Å². The topological polar surface area (TPSA) is 63.6 Å². The van der Waals surface area contributed by atoms with Gasteiger partial charge in [0.1, 0.15) is 11.6 Å². The Morgan fingerprint density at radius 2 is 1.95 bits per heavy atom. The number of carboxylic acid groups (broad SMARTS) is 1. The van der Waals surface area contributed by atoms with Crippen LogP contribution in [-0.2, 0) is 4.79 Å². The first-order valence-electron chi connectivity index (χ1n) is 7.04. The molecule has 0 unspecified atom stereocenters. The highest BCUT2D eigenvalue weighted by Crippen LogP contribution is 2.44. The Morgan fingerprint density at radius 3 is 2.48 bits per heavy atom. The Kier molecular flexibility index (Phi) is 4.60. The monoisotopic (exact) mass is 294 g/mol. The van der Waals surface area contributed by atoms with E-state index in [1.165, 1.54) is 25.3 Å². The third-order valence-electron chi connectivity index (χ3n) is 4.20. The number of halogens is 1. The van der Waals surface area contributed by atoms with Crippen LogP contribution >= 0.6 is 0 Å². The fourth-order valence-corrected chi connectivity index (χ4v) is 3.15. The Balaban J connectivity index is 2.17. The van der Waals surface area contributed by atoms with Crippen molar-refractivity contribution in [3.05, 3.63) is 29.6 Å². The summed E-state index contributed by atoms with van der Waals surface area (Å²) >= 11 is 0. The molecule has 0 amide bonds. The molecule has 2 rings (SSSR count). The molecule has 1 saturated carbocycles. The first-order chi connectivity index (χ1) is 9.96. The molecule has 0 spiro atoms. The Labute approximate surface area is 122 Å². The zero-order valence-electron chi connectivity index (χ0n) is 12.0. The lowest BCUT2D eigenvalue weighted by Gasteiger charge is -2.26. The van der Waals surface area contributed by atoms with Crippen molar-refractivity contribution in [3.8, 4) is 5.75 Å². The molecule has 0 radical (unpaired) electrons. The molecule has 1 fully saturated rings. The van der Waals surface area contributed by atoms with Crippen molar-refractivity contribution in [1.29, 1.82) is 0 Å². The van der Waals surface area contributed by atoms with Gasteiger partial charge in [-0.15, -0.1) is 0 Å². The van der Waals surface area contributed by atoms with Gasteiger partial charge in [-0.1, -0.05) is 12.8 Å². The molecule has 1 aromatic rings. The van der Waals surface area contributed by atoms with Gasteiger partial charge < -0.3 is 9.84 Å². The molecule has 0 aromatic heterocycles. The van der Waals surface area contributed by atoms with E-state index in [9.17, 15) is 14.0 Å². The maximum Gasteiger partial charge on any atom is 0.303 e. The molecule has 0 bridgehead atoms. The largest absolute Gasteiger partial charge is 0.497 e. The van der Waals surface area contributed by atoms with Gasteiger partial charge >= 0.3 is 5.97 Å². The van der Waals surface area contributed by atoms with Crippen LogP contribution in [0, 0.1) is 11.2 Å². The summed E-state index contributed by atoms with van der Waals surface area (Å²) in [6.45, 7) is 0. The summed E-state index contributed by atoms with van der Waals surface area (Å²) in [7, 11) is 1.43. The van der Waals surface area contributed by atoms with Gasteiger partial charge in [0.25, 0.3) is 0 Å². The fourth-order valence-electron chi connectivity index (χ4n) is 3.15. The molecule has 0 atom stereocenters. The van der Waals surface area contributed by atoms with E-state index in [0.717, 1.165) is 12.8 Å². The van der Waals surface area contributed by atoms with Crippen molar-refractivity contribution < 1.29 is 23.8 Å². The number of hydrogen-bond donors (Lipinski definition) is 1. The lowest BCUT2D eigenvalue weighted by molar-refractivity contribution is -0.139. The van der Waals surface area contributed by atoms with Gasteiger partial charge in [0.15, 0.2) is 5.78 Å². The zero-order chi connectivity index (χ0) is 15.5. The minimum Gasteiger partial charge on any atom is -0.497 e. The molecule has 5 heteroatoms. The molecule has 1 aliphatic rings. The van der Waals surface area contributed by atoms with E-state index in [1.807, 2.05) is 0 Å². The highest BCUT2D eigenvalue weighted by Gasteiger charge is 2.38. The summed E-state index contributed by atoms with van der Waals surface area (Å²) in [5.74, 6) is -1.51. The average molecular weight is 294 g/mol.